The van der Waals surface area contributed by atoms with E-state index in [1.165, 1.54) is 11.3 Å². The number of aryl methyl sites for hydroxylation is 1. The van der Waals surface area contributed by atoms with Gasteiger partial charge in [-0.3, -0.25) is 9.79 Å². The lowest BCUT2D eigenvalue weighted by molar-refractivity contribution is 0.0827. The van der Waals surface area contributed by atoms with Crippen LogP contribution in [0.2, 0.25) is 0 Å². The normalized spacial score (nSPS) is 14.1. The zero-order chi connectivity index (χ0) is 21.5. The summed E-state index contributed by atoms with van der Waals surface area (Å²) in [5.74, 6) is 0.978. The van der Waals surface area contributed by atoms with E-state index in [0.717, 1.165) is 56.2 Å². The number of hydrogen-bond donors (Lipinski definition) is 1. The highest BCUT2D eigenvalue weighted by Crippen LogP contribution is 2.17. The summed E-state index contributed by atoms with van der Waals surface area (Å²) in [6.07, 6.45) is 0.844. The van der Waals surface area contributed by atoms with E-state index in [0.29, 0.717) is 0 Å². The predicted octanol–water partition coefficient (Wildman–Crippen LogP) is 3.25. The molecule has 1 aliphatic heterocycles. The minimum Gasteiger partial charge on any atom is -0.368 e. The highest BCUT2D eigenvalue weighted by atomic mass is 127. The molecule has 3 rings (SSSR count). The Morgan fingerprint density at radius 3 is 2.42 bits per heavy atom. The number of carbonyl (C=O) groups is 1. The molecular formula is C24H34IN5O. The Morgan fingerprint density at radius 1 is 1.06 bits per heavy atom. The Hall–Kier alpha value is -2.29. The van der Waals surface area contributed by atoms with E-state index < -0.39 is 0 Å². The molecule has 0 unspecified atom stereocenters. The molecular weight excluding hydrogens is 501 g/mol. The van der Waals surface area contributed by atoms with Crippen LogP contribution in [0.15, 0.2) is 53.5 Å². The Balaban J connectivity index is 0.00000341. The van der Waals surface area contributed by atoms with Gasteiger partial charge >= 0.3 is 0 Å². The van der Waals surface area contributed by atoms with Crippen LogP contribution in [-0.4, -0.2) is 75.5 Å². The van der Waals surface area contributed by atoms with E-state index >= 15 is 0 Å². The van der Waals surface area contributed by atoms with Gasteiger partial charge in [0.2, 0.25) is 0 Å². The van der Waals surface area contributed by atoms with Crippen LogP contribution in [0.25, 0.3) is 0 Å². The second-order valence-corrected chi connectivity index (χ2v) is 7.94. The van der Waals surface area contributed by atoms with Crippen molar-refractivity contribution in [2.24, 2.45) is 4.99 Å². The van der Waals surface area contributed by atoms with Crippen molar-refractivity contribution in [3.63, 3.8) is 0 Å². The van der Waals surface area contributed by atoms with Crippen LogP contribution in [0.1, 0.15) is 21.5 Å². The molecule has 1 N–H and O–H groups in total. The number of piperazine rings is 1. The second kappa shape index (κ2) is 11.9. The van der Waals surface area contributed by atoms with Crippen LogP contribution < -0.4 is 10.2 Å². The number of aliphatic imine (C=N–C) groups is 1. The van der Waals surface area contributed by atoms with Gasteiger partial charge in [-0.05, 0) is 48.7 Å². The summed E-state index contributed by atoms with van der Waals surface area (Å²) in [4.78, 5) is 23.0. The Bertz CT molecular complexity index is 891. The van der Waals surface area contributed by atoms with Crippen molar-refractivity contribution < 1.29 is 4.79 Å². The lowest BCUT2D eigenvalue weighted by Gasteiger charge is -2.37. The van der Waals surface area contributed by atoms with Gasteiger partial charge in [0.25, 0.3) is 5.91 Å². The Labute approximate surface area is 203 Å². The fourth-order valence-electron chi connectivity index (χ4n) is 3.77. The number of rotatable bonds is 5. The van der Waals surface area contributed by atoms with Crippen molar-refractivity contribution in [1.29, 1.82) is 0 Å². The number of hydrogen-bond acceptors (Lipinski definition) is 3. The molecule has 1 heterocycles. The lowest BCUT2D eigenvalue weighted by Crippen LogP contribution is -2.52. The number of halogens is 1. The number of amides is 1. The molecule has 2 aromatic carbocycles. The lowest BCUT2D eigenvalue weighted by atomic mass is 10.1. The summed E-state index contributed by atoms with van der Waals surface area (Å²) in [6.45, 7) is 6.78. The fraction of sp³-hybridized carbons (Fsp3) is 0.417. The molecule has 1 aliphatic rings. The molecule has 7 heteroatoms. The maximum atomic E-state index is 12.2. The smallest absolute Gasteiger partial charge is 0.253 e. The van der Waals surface area contributed by atoms with Gasteiger partial charge in [0.1, 0.15) is 0 Å². The van der Waals surface area contributed by atoms with E-state index in [9.17, 15) is 4.79 Å². The summed E-state index contributed by atoms with van der Waals surface area (Å²) >= 11 is 0. The van der Waals surface area contributed by atoms with Crippen LogP contribution in [0, 0.1) is 6.92 Å². The van der Waals surface area contributed by atoms with Crippen LogP contribution in [-0.2, 0) is 6.42 Å². The molecule has 0 saturated carbocycles. The molecule has 0 aliphatic carbocycles. The van der Waals surface area contributed by atoms with Crippen LogP contribution in [0.4, 0.5) is 5.69 Å². The first-order valence-electron chi connectivity index (χ1n) is 10.6. The molecule has 2 aromatic rings. The van der Waals surface area contributed by atoms with Crippen molar-refractivity contribution in [3.8, 4) is 0 Å². The van der Waals surface area contributed by atoms with Gasteiger partial charge in [0, 0.05) is 65.1 Å². The third-order valence-corrected chi connectivity index (χ3v) is 5.43. The number of benzene rings is 2. The monoisotopic (exact) mass is 535 g/mol. The summed E-state index contributed by atoms with van der Waals surface area (Å²) < 4.78 is 0. The van der Waals surface area contributed by atoms with Crippen molar-refractivity contribution in [2.75, 3.05) is 58.8 Å². The largest absolute Gasteiger partial charge is 0.368 e. The molecule has 1 saturated heterocycles. The second-order valence-electron chi connectivity index (χ2n) is 7.94. The van der Waals surface area contributed by atoms with E-state index in [2.05, 4.69) is 57.4 Å². The zero-order valence-corrected chi connectivity index (χ0v) is 21.3. The molecule has 31 heavy (non-hydrogen) atoms. The summed E-state index contributed by atoms with van der Waals surface area (Å²) in [5.41, 5.74) is 4.47. The number of anilines is 1. The predicted molar refractivity (Wildman–Crippen MR) is 140 cm³/mol. The standard InChI is InChI=1S/C24H33N5O.HI/c1-19-7-5-10-22(17-19)28-13-15-29(16-14-28)24(25-2)26-12-11-20-8-6-9-21(18-20)23(30)27(3)4;/h5-10,17-18H,11-16H2,1-4H3,(H,25,26);1H. The molecule has 0 spiro atoms. The van der Waals surface area contributed by atoms with Crippen molar-refractivity contribution >= 4 is 41.5 Å². The third kappa shape index (κ3) is 6.85. The van der Waals surface area contributed by atoms with Crippen LogP contribution >= 0.6 is 24.0 Å². The molecule has 0 aromatic heterocycles. The van der Waals surface area contributed by atoms with Crippen molar-refractivity contribution in [2.45, 2.75) is 13.3 Å². The van der Waals surface area contributed by atoms with Crippen molar-refractivity contribution in [3.05, 3.63) is 65.2 Å². The first-order valence-corrected chi connectivity index (χ1v) is 10.6. The first kappa shape index (κ1) is 25.0. The molecule has 0 bridgehead atoms. The highest BCUT2D eigenvalue weighted by molar-refractivity contribution is 14.0. The third-order valence-electron chi connectivity index (χ3n) is 5.43. The summed E-state index contributed by atoms with van der Waals surface area (Å²) in [5, 5.41) is 3.48. The molecule has 0 radical (unpaired) electrons. The van der Waals surface area contributed by atoms with Crippen LogP contribution in [0.5, 0.6) is 0 Å². The molecule has 168 valence electrons. The maximum Gasteiger partial charge on any atom is 0.253 e. The first-order chi connectivity index (χ1) is 14.5. The molecule has 1 fully saturated rings. The van der Waals surface area contributed by atoms with E-state index in [1.54, 1.807) is 19.0 Å². The van der Waals surface area contributed by atoms with Gasteiger partial charge < -0.3 is 20.0 Å². The van der Waals surface area contributed by atoms with E-state index in [4.69, 9.17) is 0 Å². The van der Waals surface area contributed by atoms with Gasteiger partial charge in [-0.25, -0.2) is 0 Å². The minimum atomic E-state index is 0. The molecule has 1 amide bonds. The average Bonchev–Trinajstić information content (AvgIpc) is 2.76. The van der Waals surface area contributed by atoms with Gasteiger partial charge in [0.05, 0.1) is 0 Å². The van der Waals surface area contributed by atoms with E-state index in [1.807, 2.05) is 25.2 Å². The van der Waals surface area contributed by atoms with Gasteiger partial charge in [-0.1, -0.05) is 24.3 Å². The number of guanidine groups is 1. The number of carbonyl (C=O) groups excluding carboxylic acids is 1. The average molecular weight is 535 g/mol. The van der Waals surface area contributed by atoms with Gasteiger partial charge in [-0.15, -0.1) is 24.0 Å². The minimum absolute atomic E-state index is 0. The maximum absolute atomic E-state index is 12.2. The van der Waals surface area contributed by atoms with Crippen molar-refractivity contribution in [1.82, 2.24) is 15.1 Å². The topological polar surface area (TPSA) is 51.2 Å². The Kier molecular flexibility index (Phi) is 9.61. The number of nitrogens with zero attached hydrogens (tertiary/aromatic N) is 4. The Morgan fingerprint density at radius 2 is 1.77 bits per heavy atom. The van der Waals surface area contributed by atoms with E-state index in [-0.39, 0.29) is 29.9 Å². The molecule has 0 atom stereocenters. The van der Waals surface area contributed by atoms with Crippen LogP contribution in [0.3, 0.4) is 0 Å². The van der Waals surface area contributed by atoms with Gasteiger partial charge in [-0.2, -0.15) is 0 Å². The number of nitrogens with one attached hydrogen (secondary N) is 1. The zero-order valence-electron chi connectivity index (χ0n) is 19.0. The molecule has 6 nitrogen and oxygen atoms in total. The fourth-order valence-corrected chi connectivity index (χ4v) is 3.77. The summed E-state index contributed by atoms with van der Waals surface area (Å²) in [7, 11) is 5.39. The van der Waals surface area contributed by atoms with Gasteiger partial charge in [0.15, 0.2) is 5.96 Å². The quantitative estimate of drug-likeness (QED) is 0.363. The highest BCUT2D eigenvalue weighted by Gasteiger charge is 2.19. The summed E-state index contributed by atoms with van der Waals surface area (Å²) in [6, 6.07) is 16.6. The SMILES string of the molecule is CN=C(NCCc1cccc(C(=O)N(C)C)c1)N1CCN(c2cccc(C)c2)CC1.I.